The van der Waals surface area contributed by atoms with Crippen LogP contribution in [0.4, 0.5) is 4.39 Å². The van der Waals surface area contributed by atoms with Crippen LogP contribution < -0.4 is 0 Å². The lowest BCUT2D eigenvalue weighted by atomic mass is 10.2. The molecule has 7 heteroatoms. The van der Waals surface area contributed by atoms with Crippen LogP contribution in [-0.2, 0) is 9.84 Å². The van der Waals surface area contributed by atoms with Crippen molar-refractivity contribution in [3.8, 4) is 0 Å². The summed E-state index contributed by atoms with van der Waals surface area (Å²) in [4.78, 5) is 10.5. The third-order valence-electron chi connectivity index (χ3n) is 2.74. The Morgan fingerprint density at radius 2 is 2.06 bits per heavy atom. The molecule has 0 saturated heterocycles. The molecule has 0 aliphatic heterocycles. The maximum absolute atomic E-state index is 13.4. The third-order valence-corrected chi connectivity index (χ3v) is 4.99. The van der Waals surface area contributed by atoms with Gasteiger partial charge < -0.3 is 5.11 Å². The maximum atomic E-state index is 13.4. The Morgan fingerprint density at radius 3 is 2.56 bits per heavy atom. The summed E-state index contributed by atoms with van der Waals surface area (Å²) in [5, 5.41) is 8.25. The van der Waals surface area contributed by atoms with Crippen LogP contribution in [0.15, 0.2) is 17.0 Å². The monoisotopic (exact) mass is 292 g/mol. The second-order valence-electron chi connectivity index (χ2n) is 4.30. The largest absolute Gasteiger partial charge is 0.478 e. The average Bonchev–Trinajstić information content (AvgIpc) is 3.04. The highest BCUT2D eigenvalue weighted by Gasteiger charge is 2.30. The van der Waals surface area contributed by atoms with Crippen molar-refractivity contribution in [2.24, 2.45) is 5.92 Å². The molecule has 0 bridgehead atoms. The summed E-state index contributed by atoms with van der Waals surface area (Å²) >= 11 is 5.48. The van der Waals surface area contributed by atoms with Crippen LogP contribution in [0.2, 0.25) is 5.02 Å². The van der Waals surface area contributed by atoms with Gasteiger partial charge in [-0.15, -0.1) is 0 Å². The normalized spacial score (nSPS) is 15.7. The Hall–Kier alpha value is -1.14. The molecule has 1 aromatic rings. The summed E-state index contributed by atoms with van der Waals surface area (Å²) in [5.41, 5.74) is -0.536. The first-order valence-electron chi connectivity index (χ1n) is 5.26. The SMILES string of the molecule is O=C(O)c1cc(S(=O)(=O)CC2CC2)cc(F)c1Cl. The number of rotatable bonds is 4. The van der Waals surface area contributed by atoms with E-state index in [2.05, 4.69) is 0 Å². The highest BCUT2D eigenvalue weighted by molar-refractivity contribution is 7.91. The van der Waals surface area contributed by atoms with E-state index < -0.39 is 32.2 Å². The third kappa shape index (κ3) is 2.64. The zero-order valence-corrected chi connectivity index (χ0v) is 10.8. The molecule has 18 heavy (non-hydrogen) atoms. The first kappa shape index (κ1) is 13.3. The molecule has 1 aromatic carbocycles. The summed E-state index contributed by atoms with van der Waals surface area (Å²) in [5.74, 6) is -2.47. The van der Waals surface area contributed by atoms with Gasteiger partial charge in [0.2, 0.25) is 0 Å². The summed E-state index contributed by atoms with van der Waals surface area (Å²) < 4.78 is 37.3. The maximum Gasteiger partial charge on any atom is 0.337 e. The number of sulfone groups is 1. The molecule has 0 atom stereocenters. The lowest BCUT2D eigenvalue weighted by Crippen LogP contribution is -2.11. The molecular formula is C11H10ClFO4S. The molecule has 0 spiro atoms. The lowest BCUT2D eigenvalue weighted by molar-refractivity contribution is 0.0696. The number of carboxylic acids is 1. The van der Waals surface area contributed by atoms with Gasteiger partial charge in [0.15, 0.2) is 9.84 Å². The minimum atomic E-state index is -3.65. The highest BCUT2D eigenvalue weighted by atomic mass is 35.5. The topological polar surface area (TPSA) is 71.4 Å². The number of aromatic carboxylic acids is 1. The van der Waals surface area contributed by atoms with Crippen molar-refractivity contribution in [3.05, 3.63) is 28.5 Å². The molecule has 1 N–H and O–H groups in total. The molecule has 0 amide bonds. The van der Waals surface area contributed by atoms with Crippen LogP contribution in [0.3, 0.4) is 0 Å². The molecule has 1 saturated carbocycles. The molecule has 4 nitrogen and oxygen atoms in total. The first-order chi connectivity index (χ1) is 8.31. The zero-order chi connectivity index (χ0) is 13.5. The second-order valence-corrected chi connectivity index (χ2v) is 6.71. The van der Waals surface area contributed by atoms with Gasteiger partial charge in [-0.05, 0) is 30.9 Å². The van der Waals surface area contributed by atoms with Crippen LogP contribution in [0, 0.1) is 11.7 Å². The van der Waals surface area contributed by atoms with Gasteiger partial charge in [-0.1, -0.05) is 11.6 Å². The van der Waals surface area contributed by atoms with Crippen LogP contribution in [-0.4, -0.2) is 25.2 Å². The van der Waals surface area contributed by atoms with E-state index in [0.717, 1.165) is 25.0 Å². The van der Waals surface area contributed by atoms with E-state index in [4.69, 9.17) is 16.7 Å². The number of halogens is 2. The van der Waals surface area contributed by atoms with Gasteiger partial charge in [0.05, 0.1) is 21.2 Å². The molecular weight excluding hydrogens is 283 g/mol. The molecule has 1 aliphatic carbocycles. The molecule has 0 unspecified atom stereocenters. The van der Waals surface area contributed by atoms with Crippen LogP contribution in [0.25, 0.3) is 0 Å². The molecule has 98 valence electrons. The van der Waals surface area contributed by atoms with Crippen molar-refractivity contribution in [2.75, 3.05) is 5.75 Å². The molecule has 0 radical (unpaired) electrons. The summed E-state index contributed by atoms with van der Waals surface area (Å²) in [7, 11) is -3.65. The van der Waals surface area contributed by atoms with Gasteiger partial charge in [0.25, 0.3) is 0 Å². The lowest BCUT2D eigenvalue weighted by Gasteiger charge is -2.07. The number of benzene rings is 1. The summed E-state index contributed by atoms with van der Waals surface area (Å²) in [6, 6.07) is 1.68. The fourth-order valence-corrected chi connectivity index (χ4v) is 3.51. The van der Waals surface area contributed by atoms with Crippen molar-refractivity contribution in [3.63, 3.8) is 0 Å². The van der Waals surface area contributed by atoms with Crippen molar-refractivity contribution in [1.29, 1.82) is 0 Å². The van der Waals surface area contributed by atoms with Crippen LogP contribution in [0.5, 0.6) is 0 Å². The standard InChI is InChI=1S/C11H10ClFO4S/c12-10-8(11(14)15)3-7(4-9(10)13)18(16,17)5-6-1-2-6/h3-4,6H,1-2,5H2,(H,14,15). The minimum absolute atomic E-state index is 0.0763. The van der Waals surface area contributed by atoms with Gasteiger partial charge in [-0.3, -0.25) is 0 Å². The number of hydrogen-bond acceptors (Lipinski definition) is 3. The second kappa shape index (κ2) is 4.51. The van der Waals surface area contributed by atoms with Gasteiger partial charge in [-0.2, -0.15) is 0 Å². The smallest absolute Gasteiger partial charge is 0.337 e. The molecule has 2 rings (SSSR count). The Morgan fingerprint density at radius 1 is 1.44 bits per heavy atom. The fourth-order valence-electron chi connectivity index (χ4n) is 1.59. The minimum Gasteiger partial charge on any atom is -0.478 e. The van der Waals surface area contributed by atoms with Crippen molar-refractivity contribution >= 4 is 27.4 Å². The van der Waals surface area contributed by atoms with E-state index in [1.165, 1.54) is 0 Å². The predicted molar refractivity (Wildman–Crippen MR) is 63.1 cm³/mol. The van der Waals surface area contributed by atoms with Gasteiger partial charge in [-0.25, -0.2) is 17.6 Å². The molecule has 0 heterocycles. The van der Waals surface area contributed by atoms with Gasteiger partial charge >= 0.3 is 5.97 Å². The van der Waals surface area contributed by atoms with E-state index >= 15 is 0 Å². The van der Waals surface area contributed by atoms with Gasteiger partial charge in [0, 0.05) is 0 Å². The van der Waals surface area contributed by atoms with Crippen molar-refractivity contribution in [2.45, 2.75) is 17.7 Å². The highest BCUT2D eigenvalue weighted by Crippen LogP contribution is 2.33. The van der Waals surface area contributed by atoms with E-state index in [1.54, 1.807) is 0 Å². The van der Waals surface area contributed by atoms with Crippen molar-refractivity contribution in [1.82, 2.24) is 0 Å². The Bertz CT molecular complexity index is 608. The number of carbonyl (C=O) groups is 1. The first-order valence-corrected chi connectivity index (χ1v) is 7.29. The van der Waals surface area contributed by atoms with E-state index in [0.29, 0.717) is 0 Å². The molecule has 1 fully saturated rings. The van der Waals surface area contributed by atoms with Crippen LogP contribution in [0.1, 0.15) is 23.2 Å². The van der Waals surface area contributed by atoms with E-state index in [-0.39, 0.29) is 16.6 Å². The fraction of sp³-hybridized carbons (Fsp3) is 0.364. The quantitative estimate of drug-likeness (QED) is 0.925. The van der Waals surface area contributed by atoms with Crippen LogP contribution >= 0.6 is 11.6 Å². The number of hydrogen-bond donors (Lipinski definition) is 1. The molecule has 0 aromatic heterocycles. The van der Waals surface area contributed by atoms with E-state index in [1.807, 2.05) is 0 Å². The van der Waals surface area contributed by atoms with Gasteiger partial charge in [0.1, 0.15) is 5.82 Å². The van der Waals surface area contributed by atoms with E-state index in [9.17, 15) is 17.6 Å². The zero-order valence-electron chi connectivity index (χ0n) is 9.19. The number of carboxylic acid groups (broad SMARTS) is 1. The Labute approximate surface area is 108 Å². The average molecular weight is 293 g/mol. The summed E-state index contributed by atoms with van der Waals surface area (Å²) in [6.07, 6.45) is 1.67. The Kier molecular flexibility index (Phi) is 3.33. The summed E-state index contributed by atoms with van der Waals surface area (Å²) in [6.45, 7) is 0. The molecule has 1 aliphatic rings. The van der Waals surface area contributed by atoms with Crippen molar-refractivity contribution < 1.29 is 22.7 Å². The Balaban J connectivity index is 2.48. The predicted octanol–water partition coefficient (Wildman–Crippen LogP) is 2.36.